The number of aromatic nitrogens is 2. The molecule has 5 heteroatoms. The van der Waals surface area contributed by atoms with Gasteiger partial charge in [0, 0.05) is 23.5 Å². The minimum absolute atomic E-state index is 0.645. The number of nitrogens with two attached hydrogens (primary N) is 1. The first-order valence-electron chi connectivity index (χ1n) is 5.31. The number of anilines is 1. The van der Waals surface area contributed by atoms with Gasteiger partial charge >= 0.3 is 0 Å². The van der Waals surface area contributed by atoms with Crippen LogP contribution in [0.4, 0.5) is 5.82 Å². The first kappa shape index (κ1) is 12.5. The van der Waals surface area contributed by atoms with Crippen LogP contribution in [0.2, 0.25) is 5.02 Å². The molecule has 2 N–H and O–H groups in total. The summed E-state index contributed by atoms with van der Waals surface area (Å²) in [7, 11) is 1.91. The maximum atomic E-state index is 6.21. The number of nitrogen functional groups attached to an aromatic ring is 1. The first-order valence-corrected chi connectivity index (χ1v) is 6.48. The van der Waals surface area contributed by atoms with E-state index in [-0.39, 0.29) is 0 Å². The second-order valence-electron chi connectivity index (χ2n) is 3.80. The van der Waals surface area contributed by atoms with Crippen molar-refractivity contribution in [2.75, 3.05) is 5.73 Å². The van der Waals surface area contributed by atoms with Gasteiger partial charge in [-0.25, -0.2) is 4.98 Å². The zero-order valence-corrected chi connectivity index (χ0v) is 12.0. The van der Waals surface area contributed by atoms with Crippen molar-refractivity contribution >= 4 is 33.3 Å². The number of nitrogens with zero attached hydrogens (tertiary/aromatic N) is 2. The molecule has 0 saturated heterocycles. The Bertz CT molecular complexity index is 563. The second kappa shape index (κ2) is 4.70. The summed E-state index contributed by atoms with van der Waals surface area (Å²) in [5.41, 5.74) is 7.66. The van der Waals surface area contributed by atoms with Crippen molar-refractivity contribution in [1.29, 1.82) is 0 Å². The van der Waals surface area contributed by atoms with Crippen molar-refractivity contribution in [1.82, 2.24) is 9.55 Å². The number of rotatable bonds is 2. The molecule has 0 saturated carbocycles. The fourth-order valence-corrected chi connectivity index (χ4v) is 2.52. The van der Waals surface area contributed by atoms with E-state index >= 15 is 0 Å². The molecule has 0 fully saturated rings. The van der Waals surface area contributed by atoms with Crippen molar-refractivity contribution in [3.05, 3.63) is 33.5 Å². The molecule has 0 aliphatic carbocycles. The van der Waals surface area contributed by atoms with Crippen LogP contribution in [0.1, 0.15) is 12.7 Å². The van der Waals surface area contributed by atoms with Crippen LogP contribution in [-0.2, 0) is 13.5 Å². The lowest BCUT2D eigenvalue weighted by Gasteiger charge is -2.03. The lowest BCUT2D eigenvalue weighted by Crippen LogP contribution is -2.00. The average molecular weight is 315 g/mol. The predicted octanol–water partition coefficient (Wildman–Crippen LogP) is 3.65. The van der Waals surface area contributed by atoms with Crippen LogP contribution < -0.4 is 5.73 Å². The number of hydrogen-bond acceptors (Lipinski definition) is 2. The van der Waals surface area contributed by atoms with Crippen LogP contribution in [0.3, 0.4) is 0 Å². The van der Waals surface area contributed by atoms with Crippen LogP contribution in [0.5, 0.6) is 0 Å². The highest BCUT2D eigenvalue weighted by Crippen LogP contribution is 2.33. The number of aryl methyl sites for hydroxylation is 1. The summed E-state index contributed by atoms with van der Waals surface area (Å²) in [6.07, 6.45) is 0.842. The summed E-state index contributed by atoms with van der Waals surface area (Å²) in [6, 6.07) is 5.70. The zero-order chi connectivity index (χ0) is 12.6. The van der Waals surface area contributed by atoms with Crippen LogP contribution in [0.15, 0.2) is 22.7 Å². The largest absolute Gasteiger partial charge is 0.383 e. The van der Waals surface area contributed by atoms with Crippen LogP contribution >= 0.6 is 27.5 Å². The molecule has 1 aromatic carbocycles. The fraction of sp³-hybridized carbons (Fsp3) is 0.250. The minimum Gasteiger partial charge on any atom is -0.383 e. The molecule has 0 radical (unpaired) electrons. The molecule has 1 heterocycles. The SMILES string of the molecule is CCc1nc(-c2ccc(Br)cc2Cl)c(N)n1C. The standard InChI is InChI=1S/C12H13BrClN3/c1-3-10-16-11(12(15)17(10)2)8-5-4-7(13)6-9(8)14/h4-6H,3,15H2,1-2H3. The van der Waals surface area contributed by atoms with Gasteiger partial charge in [0.05, 0.1) is 5.02 Å². The van der Waals surface area contributed by atoms with E-state index in [0.29, 0.717) is 10.8 Å². The Labute approximate surface area is 114 Å². The molecule has 1 aromatic heterocycles. The lowest BCUT2D eigenvalue weighted by molar-refractivity contribution is 0.816. The Kier molecular flexibility index (Phi) is 3.45. The highest BCUT2D eigenvalue weighted by molar-refractivity contribution is 9.10. The van der Waals surface area contributed by atoms with Gasteiger partial charge in [-0.2, -0.15) is 0 Å². The molecule has 2 aromatic rings. The molecule has 0 aliphatic rings. The third-order valence-corrected chi connectivity index (χ3v) is 3.54. The van der Waals surface area contributed by atoms with E-state index in [2.05, 4.69) is 27.8 Å². The van der Waals surface area contributed by atoms with E-state index in [1.807, 2.05) is 29.8 Å². The summed E-state index contributed by atoms with van der Waals surface area (Å²) >= 11 is 9.59. The van der Waals surface area contributed by atoms with Crippen molar-refractivity contribution in [2.24, 2.45) is 7.05 Å². The Morgan fingerprint density at radius 1 is 1.47 bits per heavy atom. The van der Waals surface area contributed by atoms with Gasteiger partial charge in [-0.3, -0.25) is 0 Å². The first-order chi connectivity index (χ1) is 8.04. The van der Waals surface area contributed by atoms with Crippen molar-refractivity contribution < 1.29 is 0 Å². The van der Waals surface area contributed by atoms with E-state index < -0.39 is 0 Å². The summed E-state index contributed by atoms with van der Waals surface area (Å²) in [5.74, 6) is 1.60. The molecule has 2 rings (SSSR count). The van der Waals surface area contributed by atoms with Gasteiger partial charge in [-0.1, -0.05) is 40.5 Å². The fourth-order valence-electron chi connectivity index (χ4n) is 1.76. The van der Waals surface area contributed by atoms with Crippen LogP contribution in [-0.4, -0.2) is 9.55 Å². The lowest BCUT2D eigenvalue weighted by atomic mass is 10.1. The summed E-state index contributed by atoms with van der Waals surface area (Å²) < 4.78 is 2.84. The van der Waals surface area contributed by atoms with E-state index in [9.17, 15) is 0 Å². The average Bonchev–Trinajstić information content (AvgIpc) is 2.57. The smallest absolute Gasteiger partial charge is 0.131 e. The molecular formula is C12H13BrClN3. The Hall–Kier alpha value is -1.00. The molecule has 3 nitrogen and oxygen atoms in total. The highest BCUT2D eigenvalue weighted by Gasteiger charge is 2.15. The van der Waals surface area contributed by atoms with Gasteiger partial charge < -0.3 is 10.3 Å². The summed E-state index contributed by atoms with van der Waals surface area (Å²) in [4.78, 5) is 4.53. The van der Waals surface area contributed by atoms with Gasteiger partial charge in [0.1, 0.15) is 17.3 Å². The number of imidazole rings is 1. The van der Waals surface area contributed by atoms with Gasteiger partial charge in [0.25, 0.3) is 0 Å². The van der Waals surface area contributed by atoms with Crippen molar-refractivity contribution in [3.8, 4) is 11.3 Å². The number of halogens is 2. The third kappa shape index (κ3) is 2.19. The molecule has 17 heavy (non-hydrogen) atoms. The van der Waals surface area contributed by atoms with Crippen LogP contribution in [0.25, 0.3) is 11.3 Å². The van der Waals surface area contributed by atoms with Gasteiger partial charge in [0.15, 0.2) is 0 Å². The molecule has 0 spiro atoms. The van der Waals surface area contributed by atoms with E-state index in [1.165, 1.54) is 0 Å². The maximum absolute atomic E-state index is 6.21. The van der Waals surface area contributed by atoms with E-state index in [1.54, 1.807) is 0 Å². The maximum Gasteiger partial charge on any atom is 0.131 e. The normalized spacial score (nSPS) is 10.8. The Morgan fingerprint density at radius 3 is 2.71 bits per heavy atom. The molecule has 0 aliphatic heterocycles. The van der Waals surface area contributed by atoms with Gasteiger partial charge in [-0.05, 0) is 12.1 Å². The highest BCUT2D eigenvalue weighted by atomic mass is 79.9. The van der Waals surface area contributed by atoms with E-state index in [0.717, 1.165) is 28.0 Å². The monoisotopic (exact) mass is 313 g/mol. The zero-order valence-electron chi connectivity index (χ0n) is 9.67. The second-order valence-corrected chi connectivity index (χ2v) is 5.12. The molecule has 0 bridgehead atoms. The molecule has 0 unspecified atom stereocenters. The number of benzene rings is 1. The molecule has 0 atom stereocenters. The van der Waals surface area contributed by atoms with E-state index in [4.69, 9.17) is 17.3 Å². The quantitative estimate of drug-likeness (QED) is 0.919. The summed E-state index contributed by atoms with van der Waals surface area (Å²) in [6.45, 7) is 2.05. The van der Waals surface area contributed by atoms with Gasteiger partial charge in [-0.15, -0.1) is 0 Å². The van der Waals surface area contributed by atoms with Crippen molar-refractivity contribution in [2.45, 2.75) is 13.3 Å². The summed E-state index contributed by atoms with van der Waals surface area (Å²) in [5, 5.41) is 0.645. The Morgan fingerprint density at radius 2 is 2.18 bits per heavy atom. The minimum atomic E-state index is 0.645. The number of hydrogen-bond donors (Lipinski definition) is 1. The third-order valence-electron chi connectivity index (χ3n) is 2.73. The molecular weight excluding hydrogens is 302 g/mol. The van der Waals surface area contributed by atoms with Gasteiger partial charge in [0.2, 0.25) is 0 Å². The predicted molar refractivity (Wildman–Crippen MR) is 75.1 cm³/mol. The topological polar surface area (TPSA) is 43.8 Å². The molecule has 90 valence electrons. The Balaban J connectivity index is 2.60. The molecule has 0 amide bonds. The van der Waals surface area contributed by atoms with Crippen LogP contribution in [0, 0.1) is 0 Å². The van der Waals surface area contributed by atoms with Crippen molar-refractivity contribution in [3.63, 3.8) is 0 Å².